The molecule has 0 amide bonds. The second-order valence-corrected chi connectivity index (χ2v) is 8.06. The Balaban J connectivity index is 2.03. The molecular weight excluding hydrogens is 454 g/mol. The fourth-order valence-corrected chi connectivity index (χ4v) is 3.95. The van der Waals surface area contributed by atoms with Crippen LogP contribution in [0.2, 0.25) is 0 Å². The molecular formula is C26H27NO8. The van der Waals surface area contributed by atoms with Crippen molar-refractivity contribution in [3.05, 3.63) is 86.8 Å². The molecule has 0 aliphatic carbocycles. The molecule has 1 aromatic heterocycles. The highest BCUT2D eigenvalue weighted by atomic mass is 16.5. The highest BCUT2D eigenvalue weighted by Gasteiger charge is 2.27. The first-order valence-electron chi connectivity index (χ1n) is 10.9. The Hall–Kier alpha value is -4.27. The van der Waals surface area contributed by atoms with E-state index in [-0.39, 0.29) is 35.8 Å². The Kier molecular flexibility index (Phi) is 7.80. The molecule has 0 unspecified atom stereocenters. The summed E-state index contributed by atoms with van der Waals surface area (Å²) in [4.78, 5) is 37.5. The fourth-order valence-electron chi connectivity index (χ4n) is 3.95. The zero-order valence-corrected chi connectivity index (χ0v) is 19.6. The molecule has 0 saturated carbocycles. The van der Waals surface area contributed by atoms with Crippen molar-refractivity contribution in [2.45, 2.75) is 32.2 Å². The summed E-state index contributed by atoms with van der Waals surface area (Å²) >= 11 is 0. The number of ether oxygens (including phenoxy) is 2. The van der Waals surface area contributed by atoms with Crippen LogP contribution in [0, 0.1) is 6.92 Å². The molecule has 35 heavy (non-hydrogen) atoms. The van der Waals surface area contributed by atoms with Crippen LogP contribution in [-0.4, -0.2) is 46.0 Å². The van der Waals surface area contributed by atoms with Crippen LogP contribution in [0.15, 0.2) is 53.3 Å². The Morgan fingerprint density at radius 2 is 1.60 bits per heavy atom. The summed E-state index contributed by atoms with van der Waals surface area (Å²) in [5.74, 6) is -2.67. The Bertz CT molecular complexity index is 1290. The zero-order valence-electron chi connectivity index (χ0n) is 19.6. The molecule has 0 radical (unpaired) electrons. The number of hydrogen-bond donors (Lipinski definition) is 3. The van der Waals surface area contributed by atoms with Crippen molar-refractivity contribution >= 4 is 11.9 Å². The van der Waals surface area contributed by atoms with Crippen molar-refractivity contribution in [2.24, 2.45) is 0 Å². The van der Waals surface area contributed by atoms with Gasteiger partial charge in [0.25, 0.3) is 5.56 Å². The number of aryl methyl sites for hydroxylation is 2. The maximum absolute atomic E-state index is 13.5. The van der Waals surface area contributed by atoms with Gasteiger partial charge >= 0.3 is 11.9 Å². The molecule has 3 aromatic rings. The number of aromatic nitrogens is 1. The van der Waals surface area contributed by atoms with Gasteiger partial charge in [0.1, 0.15) is 5.75 Å². The second kappa shape index (κ2) is 10.8. The molecule has 1 atom stereocenters. The van der Waals surface area contributed by atoms with E-state index >= 15 is 0 Å². The second-order valence-electron chi connectivity index (χ2n) is 8.06. The summed E-state index contributed by atoms with van der Waals surface area (Å²) < 4.78 is 11.0. The fraction of sp³-hybridized carbons (Fsp3) is 0.269. The molecule has 2 aromatic carbocycles. The van der Waals surface area contributed by atoms with Crippen LogP contribution in [0.4, 0.5) is 0 Å². The summed E-state index contributed by atoms with van der Waals surface area (Å²) in [6.07, 6.45) is 0.167. The third-order valence-electron chi connectivity index (χ3n) is 5.87. The summed E-state index contributed by atoms with van der Waals surface area (Å²) in [7, 11) is 2.50. The van der Waals surface area contributed by atoms with Gasteiger partial charge in [-0.25, -0.2) is 4.79 Å². The van der Waals surface area contributed by atoms with Crippen LogP contribution in [0.3, 0.4) is 0 Å². The van der Waals surface area contributed by atoms with Gasteiger partial charge in [0.15, 0.2) is 11.5 Å². The first-order valence-corrected chi connectivity index (χ1v) is 10.9. The predicted octanol–water partition coefficient (Wildman–Crippen LogP) is 3.00. The SMILES string of the molecule is COC(=O)C[C@@H](c1ccc(C(=O)OC)cc1)c1c(O)cc(C)n(CCc2ccc(O)c(O)c2)c1=O. The van der Waals surface area contributed by atoms with E-state index in [1.54, 1.807) is 25.1 Å². The molecule has 0 aliphatic heterocycles. The van der Waals surface area contributed by atoms with Crippen molar-refractivity contribution in [3.8, 4) is 17.2 Å². The largest absolute Gasteiger partial charge is 0.507 e. The van der Waals surface area contributed by atoms with E-state index in [1.807, 2.05) is 0 Å². The number of carbonyl (C=O) groups excluding carboxylic acids is 2. The molecule has 3 rings (SSSR count). The molecule has 0 aliphatic rings. The van der Waals surface area contributed by atoms with Gasteiger partial charge in [0, 0.05) is 18.2 Å². The number of nitrogens with zero attached hydrogens (tertiary/aromatic N) is 1. The number of carbonyl (C=O) groups is 2. The molecule has 9 nitrogen and oxygen atoms in total. The Morgan fingerprint density at radius 1 is 0.914 bits per heavy atom. The predicted molar refractivity (Wildman–Crippen MR) is 127 cm³/mol. The van der Waals surface area contributed by atoms with Crippen LogP contribution in [0.1, 0.15) is 45.1 Å². The van der Waals surface area contributed by atoms with Crippen molar-refractivity contribution in [1.82, 2.24) is 4.57 Å². The molecule has 1 heterocycles. The van der Waals surface area contributed by atoms with Crippen molar-refractivity contribution in [3.63, 3.8) is 0 Å². The summed E-state index contributed by atoms with van der Waals surface area (Å²) in [6, 6.07) is 12.1. The molecule has 184 valence electrons. The van der Waals surface area contributed by atoms with Gasteiger partial charge < -0.3 is 29.4 Å². The van der Waals surface area contributed by atoms with Gasteiger partial charge in [-0.2, -0.15) is 0 Å². The third-order valence-corrected chi connectivity index (χ3v) is 5.87. The van der Waals surface area contributed by atoms with Gasteiger partial charge in [0.05, 0.1) is 31.8 Å². The van der Waals surface area contributed by atoms with Crippen LogP contribution < -0.4 is 5.56 Å². The number of aromatic hydroxyl groups is 3. The zero-order chi connectivity index (χ0) is 25.7. The smallest absolute Gasteiger partial charge is 0.337 e. The minimum absolute atomic E-state index is 0.0281. The van der Waals surface area contributed by atoms with Crippen molar-refractivity contribution < 1.29 is 34.4 Å². The Morgan fingerprint density at radius 3 is 2.20 bits per heavy atom. The maximum atomic E-state index is 13.5. The first-order chi connectivity index (χ1) is 16.7. The average Bonchev–Trinajstić information content (AvgIpc) is 2.84. The van der Waals surface area contributed by atoms with E-state index in [9.17, 15) is 29.7 Å². The normalized spacial score (nSPS) is 11.6. The number of pyridine rings is 1. The first kappa shape index (κ1) is 25.4. The summed E-state index contributed by atoms with van der Waals surface area (Å²) in [5, 5.41) is 30.0. The molecule has 0 fully saturated rings. The van der Waals surface area contributed by atoms with Crippen LogP contribution in [0.5, 0.6) is 17.2 Å². The monoisotopic (exact) mass is 481 g/mol. The van der Waals surface area contributed by atoms with Gasteiger partial charge in [-0.1, -0.05) is 18.2 Å². The lowest BCUT2D eigenvalue weighted by atomic mass is 9.88. The summed E-state index contributed by atoms with van der Waals surface area (Å²) in [6.45, 7) is 1.91. The van der Waals surface area contributed by atoms with Crippen molar-refractivity contribution in [2.75, 3.05) is 14.2 Å². The molecule has 0 spiro atoms. The van der Waals surface area contributed by atoms with Gasteiger partial charge in [0.2, 0.25) is 0 Å². The quantitative estimate of drug-likeness (QED) is 0.330. The highest BCUT2D eigenvalue weighted by molar-refractivity contribution is 5.89. The summed E-state index contributed by atoms with van der Waals surface area (Å²) in [5.41, 5.74) is 1.60. The van der Waals surface area contributed by atoms with Crippen LogP contribution in [-0.2, 0) is 27.2 Å². The number of benzene rings is 2. The van der Waals surface area contributed by atoms with Gasteiger partial charge in [-0.3, -0.25) is 9.59 Å². The topological polar surface area (TPSA) is 135 Å². The molecule has 9 heteroatoms. The van der Waals surface area contributed by atoms with Crippen molar-refractivity contribution in [1.29, 1.82) is 0 Å². The number of rotatable bonds is 8. The lowest BCUT2D eigenvalue weighted by molar-refractivity contribution is -0.140. The van der Waals surface area contributed by atoms with E-state index in [0.717, 1.165) is 0 Å². The number of hydrogen-bond acceptors (Lipinski definition) is 8. The lowest BCUT2D eigenvalue weighted by Gasteiger charge is -2.21. The molecule has 0 saturated heterocycles. The standard InChI is InChI=1S/C26H27NO8/c1-15-12-22(30)24(25(32)27(15)11-10-16-4-9-20(28)21(29)13-16)19(14-23(31)34-2)17-5-7-18(8-6-17)26(33)35-3/h4-9,12-13,19,28-30H,10-11,14H2,1-3H3/t19-/m0/s1. The van der Waals surface area contributed by atoms with E-state index in [4.69, 9.17) is 9.47 Å². The maximum Gasteiger partial charge on any atom is 0.337 e. The molecule has 0 bridgehead atoms. The van der Waals surface area contributed by atoms with Crippen LogP contribution in [0.25, 0.3) is 0 Å². The number of phenols is 2. The average molecular weight is 482 g/mol. The third kappa shape index (κ3) is 5.63. The highest BCUT2D eigenvalue weighted by Crippen LogP contribution is 2.33. The van der Waals surface area contributed by atoms with E-state index in [1.165, 1.54) is 49.1 Å². The number of esters is 2. The van der Waals surface area contributed by atoms with E-state index in [2.05, 4.69) is 0 Å². The lowest BCUT2D eigenvalue weighted by Crippen LogP contribution is -2.29. The van der Waals surface area contributed by atoms with Gasteiger partial charge in [-0.15, -0.1) is 0 Å². The van der Waals surface area contributed by atoms with Gasteiger partial charge in [-0.05, 0) is 54.8 Å². The number of phenolic OH excluding ortho intramolecular Hbond substituents is 2. The molecule has 3 N–H and O–H groups in total. The van der Waals surface area contributed by atoms with Crippen LogP contribution >= 0.6 is 0 Å². The van der Waals surface area contributed by atoms with E-state index in [0.29, 0.717) is 28.8 Å². The minimum Gasteiger partial charge on any atom is -0.507 e. The van der Waals surface area contributed by atoms with E-state index < -0.39 is 23.4 Å². The Labute approximate surface area is 201 Å². The number of methoxy groups -OCH3 is 2. The minimum atomic E-state index is -0.828.